The third-order valence-electron chi connectivity index (χ3n) is 13.4. The molecule has 5 aliphatic carbocycles. The molecule has 4 fully saturated rings. The van der Waals surface area contributed by atoms with Crippen molar-refractivity contribution in [2.45, 2.75) is 118 Å². The van der Waals surface area contributed by atoms with Gasteiger partial charge in [0.05, 0.1) is 12.2 Å². The normalized spacial score (nSPS) is 53.6. The Balaban J connectivity index is 1.64. The average Bonchev–Trinajstić information content (AvgIpc) is 2.77. The summed E-state index contributed by atoms with van der Waals surface area (Å²) in [7, 11) is 1.94. The van der Waals surface area contributed by atoms with Gasteiger partial charge in [-0.2, -0.15) is 0 Å². The fourth-order valence-corrected chi connectivity index (χ4v) is 10.9. The van der Waals surface area contributed by atoms with E-state index in [4.69, 9.17) is 4.74 Å². The molecule has 0 spiro atoms. The predicted octanol–water partition coefficient (Wildman–Crippen LogP) is 6.77. The van der Waals surface area contributed by atoms with Crippen molar-refractivity contribution in [1.29, 1.82) is 0 Å². The average molecular weight is 473 g/mol. The van der Waals surface area contributed by atoms with Crippen LogP contribution in [0.4, 0.5) is 0 Å². The van der Waals surface area contributed by atoms with Crippen LogP contribution in [0.5, 0.6) is 0 Å². The first-order valence-corrected chi connectivity index (χ1v) is 14.2. The molecule has 0 aromatic heterocycles. The van der Waals surface area contributed by atoms with Crippen molar-refractivity contribution in [2.24, 2.45) is 50.2 Å². The van der Waals surface area contributed by atoms with E-state index in [9.17, 15) is 10.2 Å². The number of fused-ring (bicyclic) bond motifs is 7. The molecule has 5 rings (SSSR count). The lowest BCUT2D eigenvalue weighted by Gasteiger charge is -2.73. The zero-order valence-corrected chi connectivity index (χ0v) is 23.3. The van der Waals surface area contributed by atoms with Crippen molar-refractivity contribution < 1.29 is 14.9 Å². The van der Waals surface area contributed by atoms with Gasteiger partial charge in [0.15, 0.2) is 0 Å². The number of allylic oxidation sites excluding steroid dienone is 2. The molecule has 3 heteroatoms. The van der Waals surface area contributed by atoms with Gasteiger partial charge in [0.25, 0.3) is 0 Å². The van der Waals surface area contributed by atoms with Crippen molar-refractivity contribution in [3.8, 4) is 0 Å². The molecule has 9 atom stereocenters. The highest BCUT2D eigenvalue weighted by molar-refractivity contribution is 5.35. The van der Waals surface area contributed by atoms with E-state index in [1.54, 1.807) is 5.57 Å². The van der Waals surface area contributed by atoms with Gasteiger partial charge in [-0.15, -0.1) is 0 Å². The molecule has 0 amide bonds. The first kappa shape index (κ1) is 25.3. The molecule has 0 aromatic carbocycles. The van der Waals surface area contributed by atoms with Crippen LogP contribution >= 0.6 is 0 Å². The fraction of sp³-hybridized carbons (Fsp3) is 0.935. The maximum atomic E-state index is 11.0. The van der Waals surface area contributed by atoms with E-state index in [0.717, 1.165) is 44.9 Å². The van der Waals surface area contributed by atoms with Gasteiger partial charge < -0.3 is 14.9 Å². The van der Waals surface area contributed by atoms with Gasteiger partial charge in [-0.25, -0.2) is 0 Å². The van der Waals surface area contributed by atoms with Crippen molar-refractivity contribution in [3.63, 3.8) is 0 Å². The zero-order valence-electron chi connectivity index (χ0n) is 23.3. The first-order chi connectivity index (χ1) is 15.7. The summed E-state index contributed by atoms with van der Waals surface area (Å²) in [4.78, 5) is 0. The minimum atomic E-state index is -0.220. The molecular formula is C31H52O3. The SMILES string of the molecule is CO[C@@H]1C[C@H]2C(C)(C)[C@@H](O)CC[C@]2(C)[C@H]2CC=C3[C@@H]4CC(C)(C)CC[C@]4(CO)CC[C@@]3(C)[C@@]21C. The Labute approximate surface area is 209 Å². The van der Waals surface area contributed by atoms with E-state index in [1.165, 1.54) is 12.8 Å². The van der Waals surface area contributed by atoms with Crippen molar-refractivity contribution in [3.05, 3.63) is 11.6 Å². The third-order valence-corrected chi connectivity index (χ3v) is 13.4. The molecule has 0 aromatic rings. The van der Waals surface area contributed by atoms with Crippen molar-refractivity contribution >= 4 is 0 Å². The molecular weight excluding hydrogens is 420 g/mol. The molecule has 3 nitrogen and oxygen atoms in total. The Morgan fingerprint density at radius 2 is 1.62 bits per heavy atom. The minimum absolute atomic E-state index is 0.0681. The van der Waals surface area contributed by atoms with Crippen molar-refractivity contribution in [1.82, 2.24) is 0 Å². The molecule has 0 aliphatic heterocycles. The number of hydrogen-bond donors (Lipinski definition) is 2. The zero-order chi connectivity index (χ0) is 24.9. The summed E-state index contributed by atoms with van der Waals surface area (Å²) in [6.45, 7) is 17.5. The Morgan fingerprint density at radius 1 is 0.941 bits per heavy atom. The van der Waals surface area contributed by atoms with E-state index in [-0.39, 0.29) is 39.3 Å². The predicted molar refractivity (Wildman–Crippen MR) is 138 cm³/mol. The smallest absolute Gasteiger partial charge is 0.0639 e. The molecule has 0 bridgehead atoms. The molecule has 0 heterocycles. The summed E-state index contributed by atoms with van der Waals surface area (Å²) in [5, 5.41) is 21.7. The van der Waals surface area contributed by atoms with Crippen LogP contribution in [-0.4, -0.2) is 36.1 Å². The molecule has 2 N–H and O–H groups in total. The summed E-state index contributed by atoms with van der Waals surface area (Å²) in [6.07, 6.45) is 12.8. The largest absolute Gasteiger partial charge is 0.396 e. The van der Waals surface area contributed by atoms with Crippen LogP contribution in [0, 0.1) is 50.2 Å². The van der Waals surface area contributed by atoms with Crippen LogP contribution < -0.4 is 0 Å². The van der Waals surface area contributed by atoms with Crippen molar-refractivity contribution in [2.75, 3.05) is 13.7 Å². The maximum Gasteiger partial charge on any atom is 0.0639 e. The maximum absolute atomic E-state index is 11.0. The highest BCUT2D eigenvalue weighted by Crippen LogP contribution is 2.76. The lowest BCUT2D eigenvalue weighted by Crippen LogP contribution is -2.69. The number of aliphatic hydroxyl groups excluding tert-OH is 2. The van der Waals surface area contributed by atoms with E-state index in [1.807, 2.05) is 7.11 Å². The standard InChI is InChI=1S/C31H52O3/c1-26(2)13-15-31(19-32)16-14-29(6)20(21(31)18-26)9-10-22-28(5)12-11-24(33)27(3,4)23(28)17-25(34-8)30(22,29)7/h9,21-25,32-33H,10-19H2,1-8H3/t21-,22+,23-,24-,25+,28+,29+,30-,31+/m0/s1. The van der Waals surface area contributed by atoms with E-state index < -0.39 is 0 Å². The lowest BCUT2D eigenvalue weighted by molar-refractivity contribution is -0.250. The number of aliphatic hydroxyl groups is 2. The number of rotatable bonds is 2. The molecule has 4 saturated carbocycles. The van der Waals surface area contributed by atoms with Crippen LogP contribution in [0.25, 0.3) is 0 Å². The fourth-order valence-electron chi connectivity index (χ4n) is 10.9. The van der Waals surface area contributed by atoms with Gasteiger partial charge in [-0.3, -0.25) is 0 Å². The Hall–Kier alpha value is -0.380. The molecule has 0 saturated heterocycles. The van der Waals surface area contributed by atoms with Gasteiger partial charge in [0.1, 0.15) is 0 Å². The Morgan fingerprint density at radius 3 is 2.26 bits per heavy atom. The van der Waals surface area contributed by atoms with Crippen LogP contribution in [-0.2, 0) is 4.74 Å². The summed E-state index contributed by atoms with van der Waals surface area (Å²) < 4.78 is 6.47. The second kappa shape index (κ2) is 7.57. The van der Waals surface area contributed by atoms with Gasteiger partial charge in [-0.1, -0.05) is 60.1 Å². The Kier molecular flexibility index (Phi) is 5.63. The third kappa shape index (κ3) is 2.99. The quantitative estimate of drug-likeness (QED) is 0.436. The van der Waals surface area contributed by atoms with E-state index in [0.29, 0.717) is 29.8 Å². The summed E-state index contributed by atoms with van der Waals surface area (Å²) >= 11 is 0. The highest BCUT2D eigenvalue weighted by Gasteiger charge is 2.71. The van der Waals surface area contributed by atoms with E-state index in [2.05, 4.69) is 54.5 Å². The Bertz CT molecular complexity index is 859. The number of hydrogen-bond acceptors (Lipinski definition) is 3. The first-order valence-electron chi connectivity index (χ1n) is 14.2. The monoisotopic (exact) mass is 472 g/mol. The second-order valence-corrected chi connectivity index (χ2v) is 15.4. The molecule has 0 unspecified atom stereocenters. The molecule has 0 radical (unpaired) electrons. The highest BCUT2D eigenvalue weighted by atomic mass is 16.5. The van der Waals surface area contributed by atoms with Gasteiger partial charge >= 0.3 is 0 Å². The molecule has 34 heavy (non-hydrogen) atoms. The van der Waals surface area contributed by atoms with Gasteiger partial charge in [0.2, 0.25) is 0 Å². The molecule has 5 aliphatic rings. The lowest BCUT2D eigenvalue weighted by atomic mass is 9.33. The van der Waals surface area contributed by atoms with Crippen LogP contribution in [0.1, 0.15) is 106 Å². The minimum Gasteiger partial charge on any atom is -0.396 e. The van der Waals surface area contributed by atoms with Crippen LogP contribution in [0.2, 0.25) is 0 Å². The summed E-state index contributed by atoms with van der Waals surface area (Å²) in [6, 6.07) is 0. The topological polar surface area (TPSA) is 49.7 Å². The number of ether oxygens (including phenoxy) is 1. The second-order valence-electron chi connectivity index (χ2n) is 15.4. The molecule has 194 valence electrons. The van der Waals surface area contributed by atoms with Crippen LogP contribution in [0.3, 0.4) is 0 Å². The number of methoxy groups -OCH3 is 1. The van der Waals surface area contributed by atoms with E-state index >= 15 is 0 Å². The van der Waals surface area contributed by atoms with Gasteiger partial charge in [-0.05, 0) is 97.2 Å². The van der Waals surface area contributed by atoms with Gasteiger partial charge in [0, 0.05) is 24.5 Å². The summed E-state index contributed by atoms with van der Waals surface area (Å²) in [5.74, 6) is 1.52. The van der Waals surface area contributed by atoms with Crippen LogP contribution in [0.15, 0.2) is 11.6 Å². The summed E-state index contributed by atoms with van der Waals surface area (Å²) in [5.41, 5.74) is 2.38.